The van der Waals surface area contributed by atoms with Crippen LogP contribution in [-0.4, -0.2) is 17.6 Å². The number of hydrogen-bond acceptors (Lipinski definition) is 4. The number of para-hydroxylation sites is 1. The Morgan fingerprint density at radius 2 is 2.06 bits per heavy atom. The summed E-state index contributed by atoms with van der Waals surface area (Å²) >= 11 is 1.64. The van der Waals surface area contributed by atoms with E-state index in [1.165, 1.54) is 0 Å². The summed E-state index contributed by atoms with van der Waals surface area (Å²) in [4.78, 5) is 4.63. The first-order valence-electron chi connectivity index (χ1n) is 5.86. The Labute approximate surface area is 112 Å². The molecule has 1 aromatic heterocycles. The van der Waals surface area contributed by atoms with Gasteiger partial charge in [0.25, 0.3) is 0 Å². The number of thiazole rings is 1. The molecule has 2 aromatic rings. The number of hydrogen-bond donors (Lipinski definition) is 1. The fourth-order valence-electron chi connectivity index (χ4n) is 1.76. The zero-order valence-corrected chi connectivity index (χ0v) is 11.8. The fraction of sp³-hybridized carbons (Fsp3) is 0.357. The normalized spacial score (nSPS) is 11.6. The molecule has 2 rings (SSSR count). The zero-order chi connectivity index (χ0) is 13.2. The van der Waals surface area contributed by atoms with Crippen LogP contribution in [0.15, 0.2) is 29.6 Å². The van der Waals surface area contributed by atoms with Crippen LogP contribution >= 0.6 is 11.3 Å². The maximum Gasteiger partial charge on any atom is 0.128 e. The summed E-state index contributed by atoms with van der Waals surface area (Å²) < 4.78 is 5.35. The van der Waals surface area contributed by atoms with E-state index in [2.05, 4.69) is 10.4 Å². The van der Waals surface area contributed by atoms with Gasteiger partial charge in [-0.05, 0) is 26.0 Å². The fourth-order valence-corrected chi connectivity index (χ4v) is 2.80. The maximum atomic E-state index is 6.01. The lowest BCUT2D eigenvalue weighted by atomic mass is 10.0. The molecular formula is C14H18N2OS. The summed E-state index contributed by atoms with van der Waals surface area (Å²) in [6.07, 6.45) is 0.785. The zero-order valence-electron chi connectivity index (χ0n) is 10.9. The van der Waals surface area contributed by atoms with Crippen LogP contribution in [0.2, 0.25) is 0 Å². The van der Waals surface area contributed by atoms with Crippen LogP contribution in [-0.2, 0) is 6.42 Å². The quantitative estimate of drug-likeness (QED) is 0.921. The number of aromatic nitrogens is 1. The predicted molar refractivity (Wildman–Crippen MR) is 76.1 cm³/mol. The molecule has 0 spiro atoms. The van der Waals surface area contributed by atoms with Gasteiger partial charge in [0, 0.05) is 22.9 Å². The van der Waals surface area contributed by atoms with Crippen LogP contribution in [0.1, 0.15) is 18.9 Å². The van der Waals surface area contributed by atoms with Crippen molar-refractivity contribution in [2.75, 3.05) is 7.11 Å². The summed E-state index contributed by atoms with van der Waals surface area (Å²) in [5, 5.41) is 3.11. The van der Waals surface area contributed by atoms with E-state index < -0.39 is 0 Å². The number of benzene rings is 1. The van der Waals surface area contributed by atoms with E-state index >= 15 is 0 Å². The Bertz CT molecular complexity index is 529. The molecule has 0 saturated carbocycles. The molecule has 2 N–H and O–H groups in total. The second-order valence-corrected chi connectivity index (χ2v) is 5.93. The van der Waals surface area contributed by atoms with Gasteiger partial charge in [0.15, 0.2) is 0 Å². The molecule has 1 aromatic carbocycles. The van der Waals surface area contributed by atoms with Gasteiger partial charge in [-0.1, -0.05) is 12.1 Å². The summed E-state index contributed by atoms with van der Waals surface area (Å²) in [7, 11) is 1.68. The lowest BCUT2D eigenvalue weighted by Gasteiger charge is -2.15. The molecule has 3 nitrogen and oxygen atoms in total. The third-order valence-corrected chi connectivity index (χ3v) is 3.39. The van der Waals surface area contributed by atoms with Crippen molar-refractivity contribution in [3.05, 3.63) is 34.7 Å². The molecule has 0 amide bonds. The third kappa shape index (κ3) is 3.09. The van der Waals surface area contributed by atoms with E-state index in [0.717, 1.165) is 28.4 Å². The van der Waals surface area contributed by atoms with Crippen LogP contribution < -0.4 is 10.5 Å². The second-order valence-electron chi connectivity index (χ2n) is 4.99. The van der Waals surface area contributed by atoms with Crippen molar-refractivity contribution in [3.63, 3.8) is 0 Å². The summed E-state index contributed by atoms with van der Waals surface area (Å²) in [5.74, 6) is 0.848. The lowest BCUT2D eigenvalue weighted by Crippen LogP contribution is -2.34. The highest BCUT2D eigenvalue weighted by Gasteiger charge is 2.15. The van der Waals surface area contributed by atoms with Gasteiger partial charge >= 0.3 is 0 Å². The minimum Gasteiger partial charge on any atom is -0.496 e. The average molecular weight is 262 g/mol. The molecular weight excluding hydrogens is 244 g/mol. The maximum absolute atomic E-state index is 6.01. The molecule has 96 valence electrons. The van der Waals surface area contributed by atoms with E-state index in [-0.39, 0.29) is 5.54 Å². The van der Waals surface area contributed by atoms with Crippen molar-refractivity contribution in [1.29, 1.82) is 0 Å². The van der Waals surface area contributed by atoms with Crippen LogP contribution in [0.5, 0.6) is 5.75 Å². The molecule has 0 aliphatic carbocycles. The summed E-state index contributed by atoms with van der Waals surface area (Å²) in [6.45, 7) is 4.02. The van der Waals surface area contributed by atoms with Gasteiger partial charge in [-0.15, -0.1) is 11.3 Å². The van der Waals surface area contributed by atoms with Gasteiger partial charge in [-0.25, -0.2) is 4.98 Å². The summed E-state index contributed by atoms with van der Waals surface area (Å²) in [5.41, 5.74) is 7.77. The molecule has 0 fully saturated rings. The highest BCUT2D eigenvalue weighted by Crippen LogP contribution is 2.30. The summed E-state index contributed by atoms with van der Waals surface area (Å²) in [6, 6.07) is 7.91. The minimum absolute atomic E-state index is 0.226. The predicted octanol–water partition coefficient (Wildman–Crippen LogP) is 3.10. The Hall–Kier alpha value is -1.39. The number of methoxy groups -OCH3 is 1. The van der Waals surface area contributed by atoms with Crippen molar-refractivity contribution in [2.45, 2.75) is 25.8 Å². The Morgan fingerprint density at radius 3 is 2.72 bits per heavy atom. The van der Waals surface area contributed by atoms with Gasteiger partial charge in [-0.3, -0.25) is 0 Å². The smallest absolute Gasteiger partial charge is 0.128 e. The van der Waals surface area contributed by atoms with Gasteiger partial charge in [0.2, 0.25) is 0 Å². The first-order chi connectivity index (χ1) is 8.49. The van der Waals surface area contributed by atoms with Crippen LogP contribution in [0, 0.1) is 0 Å². The van der Waals surface area contributed by atoms with Crippen molar-refractivity contribution in [1.82, 2.24) is 4.98 Å². The second kappa shape index (κ2) is 5.08. The molecule has 0 saturated heterocycles. The van der Waals surface area contributed by atoms with Crippen LogP contribution in [0.4, 0.5) is 0 Å². The van der Waals surface area contributed by atoms with Crippen molar-refractivity contribution in [3.8, 4) is 17.0 Å². The first-order valence-corrected chi connectivity index (χ1v) is 6.74. The molecule has 0 aliphatic heterocycles. The Morgan fingerprint density at radius 1 is 1.33 bits per heavy atom. The molecule has 0 aliphatic rings. The van der Waals surface area contributed by atoms with Gasteiger partial charge < -0.3 is 10.5 Å². The lowest BCUT2D eigenvalue weighted by molar-refractivity contribution is 0.416. The number of rotatable bonds is 4. The average Bonchev–Trinajstić information content (AvgIpc) is 2.75. The molecule has 1 heterocycles. The van der Waals surface area contributed by atoms with E-state index in [4.69, 9.17) is 10.5 Å². The number of nitrogens with two attached hydrogens (primary N) is 1. The van der Waals surface area contributed by atoms with E-state index in [0.29, 0.717) is 0 Å². The highest BCUT2D eigenvalue weighted by atomic mass is 32.1. The van der Waals surface area contributed by atoms with Crippen molar-refractivity contribution >= 4 is 11.3 Å². The first kappa shape index (κ1) is 13.1. The van der Waals surface area contributed by atoms with E-state index in [9.17, 15) is 0 Å². The van der Waals surface area contributed by atoms with E-state index in [1.807, 2.05) is 38.1 Å². The Kier molecular flexibility index (Phi) is 3.68. The molecule has 0 unspecified atom stereocenters. The molecule has 18 heavy (non-hydrogen) atoms. The molecule has 0 atom stereocenters. The van der Waals surface area contributed by atoms with Gasteiger partial charge in [-0.2, -0.15) is 0 Å². The minimum atomic E-state index is -0.226. The number of ether oxygens (including phenoxy) is 1. The molecule has 4 heteroatoms. The van der Waals surface area contributed by atoms with Crippen LogP contribution in [0.3, 0.4) is 0 Å². The molecule has 0 bridgehead atoms. The SMILES string of the molecule is COc1ccccc1-c1csc(CC(C)(C)N)n1. The van der Waals surface area contributed by atoms with Gasteiger partial charge in [0.05, 0.1) is 17.8 Å². The monoisotopic (exact) mass is 262 g/mol. The molecule has 0 radical (unpaired) electrons. The largest absolute Gasteiger partial charge is 0.496 e. The van der Waals surface area contributed by atoms with E-state index in [1.54, 1.807) is 18.4 Å². The number of nitrogens with zero attached hydrogens (tertiary/aromatic N) is 1. The third-order valence-electron chi connectivity index (χ3n) is 2.54. The van der Waals surface area contributed by atoms with Crippen LogP contribution in [0.25, 0.3) is 11.3 Å². The highest BCUT2D eigenvalue weighted by molar-refractivity contribution is 7.10. The standard InChI is InChI=1S/C14H18N2OS/c1-14(2,15)8-13-16-11(9-18-13)10-6-4-5-7-12(10)17-3/h4-7,9H,8,15H2,1-3H3. The van der Waals surface area contributed by atoms with Crippen molar-refractivity contribution < 1.29 is 4.74 Å². The van der Waals surface area contributed by atoms with Crippen molar-refractivity contribution in [2.24, 2.45) is 5.73 Å². The topological polar surface area (TPSA) is 48.1 Å². The van der Waals surface area contributed by atoms with Gasteiger partial charge in [0.1, 0.15) is 5.75 Å². The Balaban J connectivity index is 2.29.